The third-order valence-electron chi connectivity index (χ3n) is 3.14. The molecular weight excluding hydrogens is 210 g/mol. The summed E-state index contributed by atoms with van der Waals surface area (Å²) in [5, 5.41) is 2.37. The summed E-state index contributed by atoms with van der Waals surface area (Å²) in [6.45, 7) is 0. The third-order valence-corrected chi connectivity index (χ3v) is 3.14. The van der Waals surface area contributed by atoms with Crippen molar-refractivity contribution in [3.05, 3.63) is 55.1 Å². The highest BCUT2D eigenvalue weighted by molar-refractivity contribution is 6.10. The van der Waals surface area contributed by atoms with Gasteiger partial charge in [0.1, 0.15) is 0 Å². The fourth-order valence-corrected chi connectivity index (χ4v) is 2.40. The molecule has 1 aromatic carbocycles. The molecular formula is C14H9N3. The smallest absolute Gasteiger partial charge is 0.0997 e. The second-order valence-electron chi connectivity index (χ2n) is 4.07. The maximum atomic E-state index is 4.49. The van der Waals surface area contributed by atoms with Crippen molar-refractivity contribution < 1.29 is 0 Å². The monoisotopic (exact) mass is 219 g/mol. The first-order valence-electron chi connectivity index (χ1n) is 5.52. The lowest BCUT2D eigenvalue weighted by Gasteiger charge is -2.06. The van der Waals surface area contributed by atoms with Crippen LogP contribution < -0.4 is 0 Å². The average molecular weight is 219 g/mol. The number of nitrogens with zero attached hydrogens (tertiary/aromatic N) is 3. The van der Waals surface area contributed by atoms with Crippen molar-refractivity contribution in [2.24, 2.45) is 0 Å². The highest BCUT2D eigenvalue weighted by atomic mass is 15.0. The summed E-state index contributed by atoms with van der Waals surface area (Å²) in [5.74, 6) is 0. The lowest BCUT2D eigenvalue weighted by molar-refractivity contribution is 1.20. The molecule has 3 heterocycles. The van der Waals surface area contributed by atoms with E-state index in [2.05, 4.69) is 32.6 Å². The van der Waals surface area contributed by atoms with Crippen LogP contribution in [0.4, 0.5) is 0 Å². The third kappa shape index (κ3) is 1.05. The van der Waals surface area contributed by atoms with Crippen molar-refractivity contribution in [1.29, 1.82) is 0 Å². The van der Waals surface area contributed by atoms with Gasteiger partial charge in [0.25, 0.3) is 0 Å². The molecule has 0 amide bonds. The number of benzene rings is 1. The Bertz CT molecular complexity index is 776. The summed E-state index contributed by atoms with van der Waals surface area (Å²) in [4.78, 5) is 8.73. The summed E-state index contributed by atoms with van der Waals surface area (Å²) < 4.78 is 2.09. The lowest BCUT2D eigenvalue weighted by atomic mass is 10.1. The van der Waals surface area contributed by atoms with Gasteiger partial charge in [-0.15, -0.1) is 0 Å². The molecule has 3 aromatic heterocycles. The van der Waals surface area contributed by atoms with E-state index in [1.807, 2.05) is 36.9 Å². The van der Waals surface area contributed by atoms with E-state index in [1.165, 1.54) is 10.8 Å². The second kappa shape index (κ2) is 3.04. The van der Waals surface area contributed by atoms with E-state index in [4.69, 9.17) is 0 Å². The van der Waals surface area contributed by atoms with Gasteiger partial charge in [-0.3, -0.25) is 9.38 Å². The van der Waals surface area contributed by atoms with E-state index in [0.717, 1.165) is 16.6 Å². The standard InChI is InChI=1S/C14H9N3/c1-2-5-11-10(4-1)13-8-15-9-17(13)12-6-3-7-16-14(11)12/h1-9H. The molecule has 0 atom stereocenters. The summed E-state index contributed by atoms with van der Waals surface area (Å²) in [6.07, 6.45) is 5.57. The Labute approximate surface area is 97.4 Å². The molecule has 4 rings (SSSR count). The van der Waals surface area contributed by atoms with Gasteiger partial charge in [0.15, 0.2) is 0 Å². The number of fused-ring (bicyclic) bond motifs is 6. The van der Waals surface area contributed by atoms with Crippen molar-refractivity contribution in [2.45, 2.75) is 0 Å². The first kappa shape index (κ1) is 8.70. The van der Waals surface area contributed by atoms with E-state index < -0.39 is 0 Å². The highest BCUT2D eigenvalue weighted by Gasteiger charge is 2.07. The van der Waals surface area contributed by atoms with Gasteiger partial charge in [-0.1, -0.05) is 24.3 Å². The van der Waals surface area contributed by atoms with Gasteiger partial charge in [-0.05, 0) is 12.1 Å². The van der Waals surface area contributed by atoms with Gasteiger partial charge in [0.2, 0.25) is 0 Å². The van der Waals surface area contributed by atoms with Crippen LogP contribution in [0.25, 0.3) is 27.3 Å². The molecule has 3 nitrogen and oxygen atoms in total. The summed E-state index contributed by atoms with van der Waals surface area (Å²) in [6, 6.07) is 12.3. The Morgan fingerprint density at radius 3 is 2.71 bits per heavy atom. The minimum atomic E-state index is 1.02. The second-order valence-corrected chi connectivity index (χ2v) is 4.07. The van der Waals surface area contributed by atoms with Crippen LogP contribution in [0.15, 0.2) is 55.1 Å². The molecule has 0 aliphatic heterocycles. The van der Waals surface area contributed by atoms with Crippen LogP contribution in [0.3, 0.4) is 0 Å². The molecule has 0 radical (unpaired) electrons. The normalized spacial score (nSPS) is 11.5. The van der Waals surface area contributed by atoms with Crippen molar-refractivity contribution in [1.82, 2.24) is 14.4 Å². The van der Waals surface area contributed by atoms with E-state index in [9.17, 15) is 0 Å². The topological polar surface area (TPSA) is 30.2 Å². The Morgan fingerprint density at radius 1 is 0.882 bits per heavy atom. The minimum Gasteiger partial charge on any atom is -0.297 e. The maximum absolute atomic E-state index is 4.49. The molecule has 0 bridgehead atoms. The molecule has 0 spiro atoms. The Hall–Kier alpha value is -2.42. The quantitative estimate of drug-likeness (QED) is 0.425. The highest BCUT2D eigenvalue weighted by Crippen LogP contribution is 2.27. The van der Waals surface area contributed by atoms with Crippen LogP contribution in [0.1, 0.15) is 0 Å². The Morgan fingerprint density at radius 2 is 1.76 bits per heavy atom. The van der Waals surface area contributed by atoms with Gasteiger partial charge >= 0.3 is 0 Å². The Balaban J connectivity index is 2.48. The Kier molecular flexibility index (Phi) is 1.56. The molecule has 0 fully saturated rings. The minimum absolute atomic E-state index is 1.02. The molecule has 4 aromatic rings. The molecule has 0 unspecified atom stereocenters. The van der Waals surface area contributed by atoms with E-state index in [0.29, 0.717) is 0 Å². The van der Waals surface area contributed by atoms with Gasteiger partial charge in [0.05, 0.1) is 29.1 Å². The average Bonchev–Trinajstić information content (AvgIpc) is 2.89. The zero-order chi connectivity index (χ0) is 11.2. The molecule has 0 N–H and O–H groups in total. The number of aromatic nitrogens is 3. The molecule has 0 saturated heterocycles. The van der Waals surface area contributed by atoms with Crippen molar-refractivity contribution in [3.8, 4) is 0 Å². The number of hydrogen-bond acceptors (Lipinski definition) is 2. The fourth-order valence-electron chi connectivity index (χ4n) is 2.40. The van der Waals surface area contributed by atoms with E-state index in [1.54, 1.807) is 0 Å². The lowest BCUT2D eigenvalue weighted by Crippen LogP contribution is -1.90. The van der Waals surface area contributed by atoms with Crippen molar-refractivity contribution in [2.75, 3.05) is 0 Å². The molecule has 17 heavy (non-hydrogen) atoms. The predicted molar refractivity (Wildman–Crippen MR) is 68.0 cm³/mol. The van der Waals surface area contributed by atoms with Gasteiger partial charge < -0.3 is 0 Å². The van der Waals surface area contributed by atoms with Crippen molar-refractivity contribution >= 4 is 27.3 Å². The maximum Gasteiger partial charge on any atom is 0.0997 e. The zero-order valence-electron chi connectivity index (χ0n) is 9.04. The van der Waals surface area contributed by atoms with Crippen molar-refractivity contribution in [3.63, 3.8) is 0 Å². The van der Waals surface area contributed by atoms with E-state index in [-0.39, 0.29) is 0 Å². The number of pyridine rings is 2. The van der Waals surface area contributed by atoms with Gasteiger partial charge in [0, 0.05) is 17.0 Å². The molecule has 3 heteroatoms. The van der Waals surface area contributed by atoms with Crippen LogP contribution in [-0.2, 0) is 0 Å². The van der Waals surface area contributed by atoms with Crippen LogP contribution in [0, 0.1) is 0 Å². The number of imidazole rings is 1. The van der Waals surface area contributed by atoms with Gasteiger partial charge in [-0.2, -0.15) is 0 Å². The number of rotatable bonds is 0. The van der Waals surface area contributed by atoms with Crippen LogP contribution in [0.5, 0.6) is 0 Å². The van der Waals surface area contributed by atoms with Gasteiger partial charge in [-0.25, -0.2) is 4.98 Å². The fraction of sp³-hybridized carbons (Fsp3) is 0. The largest absolute Gasteiger partial charge is 0.297 e. The van der Waals surface area contributed by atoms with E-state index >= 15 is 0 Å². The zero-order valence-corrected chi connectivity index (χ0v) is 9.04. The molecule has 0 aliphatic rings. The van der Waals surface area contributed by atoms with Crippen LogP contribution in [-0.4, -0.2) is 14.4 Å². The summed E-state index contributed by atoms with van der Waals surface area (Å²) in [7, 11) is 0. The molecule has 80 valence electrons. The molecule has 0 saturated carbocycles. The SMILES string of the molecule is c1ccc2c(c1)c1ncccc1n1cncc21. The first-order chi connectivity index (χ1) is 8.45. The van der Waals surface area contributed by atoms with Crippen LogP contribution >= 0.6 is 0 Å². The number of hydrogen-bond donors (Lipinski definition) is 0. The summed E-state index contributed by atoms with van der Waals surface area (Å²) in [5.41, 5.74) is 3.24. The first-order valence-corrected chi connectivity index (χ1v) is 5.52. The predicted octanol–water partition coefficient (Wildman–Crippen LogP) is 3.04. The summed E-state index contributed by atoms with van der Waals surface area (Å²) >= 11 is 0. The molecule has 0 aliphatic carbocycles. The van der Waals surface area contributed by atoms with Crippen LogP contribution in [0.2, 0.25) is 0 Å².